The van der Waals surface area contributed by atoms with Gasteiger partial charge in [0.05, 0.1) is 12.8 Å². The second-order valence-electron chi connectivity index (χ2n) is 9.47. The molecular formula is C32H34N6NiO4. The molecule has 2 amide bonds. The summed E-state index contributed by atoms with van der Waals surface area (Å²) in [6, 6.07) is 21.4. The summed E-state index contributed by atoms with van der Waals surface area (Å²) in [5.74, 6) is 0.131. The first-order chi connectivity index (χ1) is 20.1. The van der Waals surface area contributed by atoms with Crippen molar-refractivity contribution in [3.05, 3.63) is 96.3 Å². The van der Waals surface area contributed by atoms with Crippen LogP contribution < -0.4 is 10.6 Å². The van der Waals surface area contributed by atoms with Crippen LogP contribution in [0.25, 0.3) is 0 Å². The quantitative estimate of drug-likeness (QED) is 0.131. The average molecular weight is 625 g/mol. The van der Waals surface area contributed by atoms with E-state index in [4.69, 9.17) is 0 Å². The van der Waals surface area contributed by atoms with Crippen LogP contribution in [0.15, 0.2) is 95.2 Å². The number of rotatable bonds is 8. The van der Waals surface area contributed by atoms with Gasteiger partial charge in [0, 0.05) is 51.7 Å². The fraction of sp³-hybridized carbons (Fsp3) is 0.188. The van der Waals surface area contributed by atoms with Gasteiger partial charge in [-0.05, 0) is 75.2 Å². The predicted octanol–water partition coefficient (Wildman–Crippen LogP) is 6.43. The summed E-state index contributed by atoms with van der Waals surface area (Å²) in [6.07, 6.45) is 3.37. The Hall–Kier alpha value is -4.89. The Morgan fingerprint density at radius 2 is 1.02 bits per heavy atom. The first-order valence-electron chi connectivity index (χ1n) is 13.2. The molecule has 0 bridgehead atoms. The van der Waals surface area contributed by atoms with Gasteiger partial charge in [-0.25, -0.2) is 20.0 Å². The summed E-state index contributed by atoms with van der Waals surface area (Å²) >= 11 is 0. The molecule has 2 heterocycles. The number of nitrogens with zero attached hydrogens (tertiary/aromatic N) is 4. The number of carbonyl (C=O) groups excluding carboxylic acids is 2. The van der Waals surface area contributed by atoms with Crippen LogP contribution in [-0.4, -0.2) is 43.4 Å². The summed E-state index contributed by atoms with van der Waals surface area (Å²) in [7, 11) is 0. The summed E-state index contributed by atoms with van der Waals surface area (Å²) in [4.78, 5) is 40.2. The van der Waals surface area contributed by atoms with Gasteiger partial charge in [-0.1, -0.05) is 36.4 Å². The van der Waals surface area contributed by atoms with Crippen LogP contribution in [0.4, 0.5) is 23.0 Å². The Kier molecular flexibility index (Phi) is 13.7. The molecular weight excluding hydrogens is 591 g/mol. The number of aliphatic imine (C=N–C) groups is 2. The first kappa shape index (κ1) is 34.3. The zero-order valence-corrected chi connectivity index (χ0v) is 25.3. The molecule has 4 aromatic rings. The maximum atomic E-state index is 12.0. The van der Waals surface area contributed by atoms with Crippen LogP contribution in [0.5, 0.6) is 11.5 Å². The van der Waals surface area contributed by atoms with Crippen molar-refractivity contribution >= 4 is 46.2 Å². The first-order valence-corrected chi connectivity index (χ1v) is 13.2. The Labute approximate surface area is 261 Å². The monoisotopic (exact) mass is 624 g/mol. The molecule has 2 aromatic carbocycles. The van der Waals surface area contributed by atoms with E-state index in [1.54, 1.807) is 38.4 Å². The van der Waals surface area contributed by atoms with E-state index in [2.05, 4.69) is 30.6 Å². The van der Waals surface area contributed by atoms with Gasteiger partial charge in [0.25, 0.3) is 0 Å². The van der Waals surface area contributed by atoms with E-state index in [9.17, 15) is 19.8 Å². The molecule has 0 aliphatic rings. The maximum Gasteiger partial charge on any atom is 0.230 e. The van der Waals surface area contributed by atoms with Crippen molar-refractivity contribution in [2.45, 2.75) is 40.5 Å². The molecule has 0 saturated carbocycles. The zero-order chi connectivity index (χ0) is 30.5. The Balaban J connectivity index is 0.000000293. The number of benzene rings is 2. The van der Waals surface area contributed by atoms with Gasteiger partial charge in [0.1, 0.15) is 0 Å². The fourth-order valence-corrected chi connectivity index (χ4v) is 3.67. The van der Waals surface area contributed by atoms with E-state index in [1.807, 2.05) is 62.4 Å². The number of aromatic nitrogens is 2. The molecule has 0 saturated heterocycles. The van der Waals surface area contributed by atoms with E-state index >= 15 is 0 Å². The molecule has 10 nitrogen and oxygen atoms in total. The number of aryl methyl sites for hydroxylation is 2. The van der Waals surface area contributed by atoms with Crippen molar-refractivity contribution < 1.29 is 36.3 Å². The Bertz CT molecular complexity index is 1490. The third kappa shape index (κ3) is 11.5. The topological polar surface area (TPSA) is 149 Å². The summed E-state index contributed by atoms with van der Waals surface area (Å²) in [5, 5.41) is 24.9. The molecule has 4 rings (SSSR count). The number of amides is 2. The molecule has 2 aromatic heterocycles. The third-order valence-electron chi connectivity index (χ3n) is 5.80. The average Bonchev–Trinajstić information content (AvgIpc) is 2.94. The zero-order valence-electron chi connectivity index (χ0n) is 24.3. The van der Waals surface area contributed by atoms with Crippen molar-refractivity contribution in [1.82, 2.24) is 9.97 Å². The number of carbonyl (C=O) groups is 2. The van der Waals surface area contributed by atoms with Crippen molar-refractivity contribution in [3.63, 3.8) is 0 Å². The van der Waals surface area contributed by atoms with Crippen LogP contribution in [0.3, 0.4) is 0 Å². The molecule has 4 N–H and O–H groups in total. The van der Waals surface area contributed by atoms with Gasteiger partial charge in [0.2, 0.25) is 11.8 Å². The normalized spacial score (nSPS) is 11.0. The molecule has 11 heteroatoms. The SMILES string of the molecule is C/C(CC(=O)Nc1ccccc1C)=N\c1ncccc1O.C/C(CC(=O)Nc1ccccc1C)=N\c1ncccc1O.[Ni]. The summed E-state index contributed by atoms with van der Waals surface area (Å²) in [6.45, 7) is 7.32. The Morgan fingerprint density at radius 1 is 0.651 bits per heavy atom. The molecule has 226 valence electrons. The third-order valence-corrected chi connectivity index (χ3v) is 5.80. The van der Waals surface area contributed by atoms with Gasteiger partial charge in [-0.15, -0.1) is 0 Å². The molecule has 0 aliphatic carbocycles. The van der Waals surface area contributed by atoms with Crippen molar-refractivity contribution in [3.8, 4) is 11.5 Å². The fourth-order valence-electron chi connectivity index (χ4n) is 3.67. The molecule has 0 aliphatic heterocycles. The number of anilines is 2. The second-order valence-corrected chi connectivity index (χ2v) is 9.47. The predicted molar refractivity (Wildman–Crippen MR) is 166 cm³/mol. The molecule has 0 spiro atoms. The van der Waals surface area contributed by atoms with E-state index in [-0.39, 0.29) is 64.3 Å². The Morgan fingerprint density at radius 3 is 1.37 bits per heavy atom. The molecule has 0 atom stereocenters. The number of nitrogens with one attached hydrogen (secondary N) is 2. The summed E-state index contributed by atoms with van der Waals surface area (Å²) in [5.41, 5.74) is 4.74. The van der Waals surface area contributed by atoms with Crippen molar-refractivity contribution in [2.75, 3.05) is 10.6 Å². The molecule has 0 radical (unpaired) electrons. The molecule has 0 fully saturated rings. The van der Waals surface area contributed by atoms with Crippen LogP contribution in [0.1, 0.15) is 37.8 Å². The van der Waals surface area contributed by atoms with Crippen LogP contribution in [0.2, 0.25) is 0 Å². The van der Waals surface area contributed by atoms with Gasteiger partial charge >= 0.3 is 0 Å². The van der Waals surface area contributed by atoms with Gasteiger partial charge in [-0.2, -0.15) is 0 Å². The van der Waals surface area contributed by atoms with Crippen LogP contribution in [-0.2, 0) is 26.1 Å². The van der Waals surface area contributed by atoms with E-state index in [0.29, 0.717) is 11.4 Å². The van der Waals surface area contributed by atoms with Crippen LogP contribution >= 0.6 is 0 Å². The van der Waals surface area contributed by atoms with E-state index in [1.165, 1.54) is 12.1 Å². The van der Waals surface area contributed by atoms with Crippen molar-refractivity contribution in [2.24, 2.45) is 9.98 Å². The van der Waals surface area contributed by atoms with Gasteiger partial charge in [-0.3, -0.25) is 9.59 Å². The standard InChI is InChI=1S/2C16H17N3O2.Ni/c2*1-11-6-3-4-7-13(11)19-15(21)10-12(2)18-16-14(20)8-5-9-17-16;/h2*3-9,20H,10H2,1-2H3,(H,19,21);/b2*18-12+;. The van der Waals surface area contributed by atoms with Crippen molar-refractivity contribution in [1.29, 1.82) is 0 Å². The molecule has 43 heavy (non-hydrogen) atoms. The minimum atomic E-state index is -0.152. The van der Waals surface area contributed by atoms with Gasteiger partial charge < -0.3 is 20.8 Å². The minimum absolute atomic E-state index is 0. The maximum absolute atomic E-state index is 12.0. The minimum Gasteiger partial charge on any atom is -0.504 e. The summed E-state index contributed by atoms with van der Waals surface area (Å²) < 4.78 is 0. The number of aromatic hydroxyl groups is 2. The number of pyridine rings is 2. The number of hydrogen-bond acceptors (Lipinski definition) is 8. The number of para-hydroxylation sites is 2. The molecule has 0 unspecified atom stereocenters. The van der Waals surface area contributed by atoms with Crippen LogP contribution in [0, 0.1) is 13.8 Å². The van der Waals surface area contributed by atoms with E-state index < -0.39 is 0 Å². The number of hydrogen-bond donors (Lipinski definition) is 4. The van der Waals surface area contributed by atoms with Gasteiger partial charge in [0.15, 0.2) is 23.1 Å². The second kappa shape index (κ2) is 17.2. The van der Waals surface area contributed by atoms with E-state index in [0.717, 1.165) is 22.5 Å². The smallest absolute Gasteiger partial charge is 0.230 e. The largest absolute Gasteiger partial charge is 0.504 e.